The maximum Gasteiger partial charge on any atom is 0.415 e. The molecule has 3 amide bonds. The van der Waals surface area contributed by atoms with E-state index in [0.29, 0.717) is 142 Å². The maximum atomic E-state index is 14.5. The Kier molecular flexibility index (Phi) is 34.3. The summed E-state index contributed by atoms with van der Waals surface area (Å²) in [5, 5.41) is 0. The van der Waals surface area contributed by atoms with Gasteiger partial charge in [-0.15, -0.1) is 0 Å². The molecule has 28 heteroatoms. The number of hydrogen-bond donors (Lipinski definition) is 0. The highest BCUT2D eigenvalue weighted by atomic mass is 19.1. The molecule has 3 aliphatic carbocycles. The maximum absolute atomic E-state index is 14.5. The minimum Gasteiger partial charge on any atom is -0.493 e. The molecule has 7 aromatic carbocycles. The van der Waals surface area contributed by atoms with Crippen molar-refractivity contribution in [3.05, 3.63) is 248 Å². The van der Waals surface area contributed by atoms with Crippen molar-refractivity contribution in [2.45, 2.75) is 193 Å². The molecule has 0 radical (unpaired) electrons. The third-order valence-corrected chi connectivity index (χ3v) is 29.1. The highest BCUT2D eigenvalue weighted by Crippen LogP contribution is 2.51. The van der Waals surface area contributed by atoms with E-state index in [9.17, 15) is 41.9 Å². The second-order valence-electron chi connectivity index (χ2n) is 37.9. The Bertz CT molecular complexity index is 5900. The van der Waals surface area contributed by atoms with Crippen LogP contribution in [0.5, 0.6) is 51.7 Å². The van der Waals surface area contributed by atoms with E-state index in [4.69, 9.17) is 51.5 Å². The van der Waals surface area contributed by atoms with Crippen LogP contribution in [0.2, 0.25) is 0 Å². The molecule has 9 aromatic rings. The first kappa shape index (κ1) is 102. The van der Waals surface area contributed by atoms with E-state index in [0.717, 1.165) is 184 Å². The number of ether oxygens (including phenoxy) is 9. The predicted molar refractivity (Wildman–Crippen MR) is 541 cm³/mol. The van der Waals surface area contributed by atoms with Gasteiger partial charge in [-0.3, -0.25) is 14.4 Å². The quantitative estimate of drug-likeness (QED) is 0.0405. The second kappa shape index (κ2) is 48.0. The number of carbonyl (C=O) groups excluding carboxylic acids is 6. The van der Waals surface area contributed by atoms with Crippen LogP contribution < -0.4 is 42.6 Å². The number of benzene rings is 7. The van der Waals surface area contributed by atoms with Gasteiger partial charge in [-0.05, 0) is 353 Å². The van der Waals surface area contributed by atoms with Gasteiger partial charge in [0.15, 0.2) is 47.3 Å². The van der Waals surface area contributed by atoms with Gasteiger partial charge in [0.05, 0.1) is 67.4 Å². The molecule has 0 spiro atoms. The number of amides is 3. The van der Waals surface area contributed by atoms with Gasteiger partial charge in [-0.2, -0.15) is 0 Å². The normalized spacial score (nSPS) is 18.0. The number of oxazole rings is 2. The monoisotopic (exact) mass is 1940 g/mol. The molecule has 0 N–H and O–H groups in total. The highest BCUT2D eigenvalue weighted by Gasteiger charge is 2.37. The van der Waals surface area contributed by atoms with Gasteiger partial charge in [-0.1, -0.05) is 67.8 Å². The first-order valence-electron chi connectivity index (χ1n) is 49.9. The molecule has 0 saturated carbocycles. The summed E-state index contributed by atoms with van der Waals surface area (Å²) in [6, 6.07) is 36.4. The molecule has 0 atom stereocenters. The van der Waals surface area contributed by atoms with Crippen molar-refractivity contribution >= 4 is 87.3 Å². The van der Waals surface area contributed by atoms with Crippen molar-refractivity contribution in [1.29, 1.82) is 0 Å². The molecule has 142 heavy (non-hydrogen) atoms. The van der Waals surface area contributed by atoms with Crippen LogP contribution in [0.15, 0.2) is 172 Å². The van der Waals surface area contributed by atoms with E-state index in [1.165, 1.54) is 156 Å². The van der Waals surface area contributed by atoms with Gasteiger partial charge < -0.3 is 80.9 Å². The van der Waals surface area contributed by atoms with Gasteiger partial charge in [0.2, 0.25) is 17.2 Å². The predicted octanol–water partition coefficient (Wildman–Crippen LogP) is 22.6. The Hall–Kier alpha value is -13.3. The fraction of sp³-hybridized carbons (Fsp3) is 0.421. The zero-order valence-electron chi connectivity index (χ0n) is 82.9. The average Bonchev–Trinajstić information content (AvgIpc) is 1.62. The van der Waals surface area contributed by atoms with Crippen molar-refractivity contribution in [2.75, 3.05) is 121 Å². The van der Waals surface area contributed by atoms with E-state index in [1.54, 1.807) is 63.2 Å². The molecular formula is C114H129F3N8O17. The number of ketones is 3. The van der Waals surface area contributed by atoms with Crippen LogP contribution in [0.3, 0.4) is 0 Å². The van der Waals surface area contributed by atoms with Crippen LogP contribution in [-0.2, 0) is 33.6 Å². The number of fused-ring (bicyclic) bond motifs is 3. The Morgan fingerprint density at radius 3 is 0.986 bits per heavy atom. The largest absolute Gasteiger partial charge is 0.493 e. The summed E-state index contributed by atoms with van der Waals surface area (Å²) in [5.74, 6) is 2.63. The molecule has 0 bridgehead atoms. The van der Waals surface area contributed by atoms with E-state index < -0.39 is 18.3 Å². The summed E-state index contributed by atoms with van der Waals surface area (Å²) in [5.41, 5.74) is 17.3. The van der Waals surface area contributed by atoms with Gasteiger partial charge in [0, 0.05) is 83.1 Å². The van der Waals surface area contributed by atoms with Crippen molar-refractivity contribution < 1.29 is 93.4 Å². The zero-order chi connectivity index (χ0) is 99.5. The standard InChI is InChI=1S/C40H45FN2O5.2C37H42FN3O6/c1-27-33(15-13-32(44)22-28-10-6-4-7-11-28)36-26-30(41)12-14-34(36)35(27)23-29-24-37(46-2)39(38(25-29)47-3)48-40(45)43-20-16-31(17-21-43)42-18-8-5-9-19-42;1-24-30(10-8-29(42)21-27-22-46-23-39-27)33-20-26(38)7-9-31(33)32(24)17-25-18-34(44-2)36(35(19-25)45-3)47-37(43)41-15-11-28(12-16-41)40-13-5-4-6-14-40;1-24-30(10-8-28(42)21-29-22-39-23-46-29)33-20-26(38)7-9-31(33)32(24)17-25-18-34(44-2)36(35(19-25)45-3)47-37(43)41-15-11-27(12-16-41)40-13-5-4-6-14-40/h4,6-7,10-12,14,23-26,31H,5,8-9,13,15-22H2,1-3H3;7,9,17-20,22-23,28H,4-6,8,10-16,21H2,1-3H3;7,9,17-20,22-23,27H,4-6,8,10-16,21H2,1-3H3/b35-23-;2*32-17-. The lowest BCUT2D eigenvalue weighted by molar-refractivity contribution is -0.119. The average molecular weight is 1940 g/mol. The topological polar surface area (TPSA) is 257 Å². The van der Waals surface area contributed by atoms with Crippen LogP contribution >= 0.6 is 0 Å². The van der Waals surface area contributed by atoms with Crippen LogP contribution in [0.25, 0.3) is 51.7 Å². The Morgan fingerprint density at radius 2 is 0.690 bits per heavy atom. The zero-order valence-corrected chi connectivity index (χ0v) is 82.9. The summed E-state index contributed by atoms with van der Waals surface area (Å²) in [7, 11) is 9.19. The smallest absolute Gasteiger partial charge is 0.415 e. The minimum atomic E-state index is -0.419. The molecule has 748 valence electrons. The van der Waals surface area contributed by atoms with Crippen molar-refractivity contribution in [3.63, 3.8) is 0 Å². The molecule has 25 nitrogen and oxygen atoms in total. The lowest BCUT2D eigenvalue weighted by atomic mass is 9.97. The summed E-state index contributed by atoms with van der Waals surface area (Å²) in [6.07, 6.45) is 30.5. The van der Waals surface area contributed by atoms with Crippen molar-refractivity contribution in [3.8, 4) is 51.7 Å². The number of methoxy groups -OCH3 is 6. The fourth-order valence-electron chi connectivity index (χ4n) is 21.5. The Labute approximate surface area is 829 Å². The van der Waals surface area contributed by atoms with Gasteiger partial charge in [-0.25, -0.2) is 37.5 Å². The number of rotatable bonds is 30. The van der Waals surface area contributed by atoms with Gasteiger partial charge in [0.25, 0.3) is 0 Å². The van der Waals surface area contributed by atoms with Crippen molar-refractivity contribution in [1.82, 2.24) is 39.4 Å². The van der Waals surface area contributed by atoms with Gasteiger partial charge >= 0.3 is 18.3 Å². The molecule has 6 fully saturated rings. The SMILES string of the molecule is COc1cc(/C=C2/C(C)=C(CCC(=O)Cc3ccccc3)c3cc(F)ccc32)cc(OC)c1OC(=O)N1CCC(N2CCCCC2)CC1.COc1cc(/C=C2/C(C)=C(CCC(=O)Cc3cnco3)c3cc(F)ccc32)cc(OC)c1OC(=O)N1CCC(N2CCCCC2)CC1.COc1cc(/C=C2/C(C)=C(CCC(=O)Cc3cocn3)c3cc(F)ccc32)cc(OC)c1OC(=O)N1CCC(N2CCCCC2)CC1. The third kappa shape index (κ3) is 24.7. The number of hydrogen-bond acceptors (Lipinski definition) is 22. The van der Waals surface area contributed by atoms with Crippen LogP contribution in [0.1, 0.15) is 223 Å². The number of carbonyl (C=O) groups is 6. The Balaban J connectivity index is 0.000000153. The summed E-state index contributed by atoms with van der Waals surface area (Å²) < 4.78 is 106. The fourth-order valence-corrected chi connectivity index (χ4v) is 21.5. The number of allylic oxidation sites excluding steroid dienone is 9. The number of likely N-dealkylation sites (tertiary alicyclic amines) is 6. The number of Topliss-reactive ketones (excluding diaryl/α,β-unsaturated/α-hetero) is 3. The first-order valence-corrected chi connectivity index (χ1v) is 49.9. The number of nitrogens with zero attached hydrogens (tertiary/aromatic N) is 8. The molecule has 2 aromatic heterocycles. The third-order valence-electron chi connectivity index (χ3n) is 29.1. The summed E-state index contributed by atoms with van der Waals surface area (Å²) >= 11 is 0. The molecule has 18 rings (SSSR count). The second-order valence-corrected chi connectivity index (χ2v) is 37.9. The summed E-state index contributed by atoms with van der Waals surface area (Å²) in [6.45, 7) is 16.8. The van der Waals surface area contributed by atoms with Crippen LogP contribution in [-0.4, -0.2) is 214 Å². The Morgan fingerprint density at radius 1 is 0.373 bits per heavy atom. The van der Waals surface area contributed by atoms with E-state index in [-0.39, 0.29) is 71.3 Å². The van der Waals surface area contributed by atoms with Crippen LogP contribution in [0, 0.1) is 17.5 Å². The number of halogens is 3. The minimum absolute atomic E-state index is 0.0170. The molecule has 8 heterocycles. The molecule has 9 aliphatic rings. The van der Waals surface area contributed by atoms with Gasteiger partial charge in [0.1, 0.15) is 46.8 Å². The van der Waals surface area contributed by atoms with E-state index >= 15 is 0 Å². The van der Waals surface area contributed by atoms with Crippen molar-refractivity contribution in [2.24, 2.45) is 0 Å². The van der Waals surface area contributed by atoms with E-state index in [2.05, 4.69) is 24.7 Å². The number of piperidine rings is 6. The molecule has 0 unspecified atom stereocenters. The van der Waals surface area contributed by atoms with Crippen LogP contribution in [0.4, 0.5) is 27.6 Å². The highest BCUT2D eigenvalue weighted by molar-refractivity contribution is 6.08. The number of aromatic nitrogens is 2. The summed E-state index contributed by atoms with van der Waals surface area (Å²) in [4.78, 5) is 99.1. The lowest BCUT2D eigenvalue weighted by Gasteiger charge is -2.39. The first-order chi connectivity index (χ1) is 69.0. The molecular weight excluding hydrogens is 1810 g/mol. The lowest BCUT2D eigenvalue weighted by Crippen LogP contribution is -2.48. The molecule has 6 saturated heterocycles. The molecule has 6 aliphatic heterocycles. The van der Waals surface area contributed by atoms with E-state index in [1.807, 2.05) is 81.5 Å².